The number of anilines is 1. The number of rotatable bonds is 8. The van der Waals surface area contributed by atoms with Crippen molar-refractivity contribution in [1.82, 2.24) is 4.72 Å². The Labute approximate surface area is 131 Å². The van der Waals surface area contributed by atoms with Gasteiger partial charge in [-0.15, -0.1) is 0 Å². The number of nitrogens with one attached hydrogen (secondary N) is 2. The van der Waals surface area contributed by atoms with Crippen LogP contribution in [-0.2, 0) is 19.6 Å². The van der Waals surface area contributed by atoms with Crippen molar-refractivity contribution in [3.05, 3.63) is 29.8 Å². The second kappa shape index (κ2) is 7.21. The predicted octanol–water partition coefficient (Wildman–Crippen LogP) is 1.66. The number of hydrogen-bond acceptors (Lipinski definition) is 4. The van der Waals surface area contributed by atoms with Gasteiger partial charge in [0.1, 0.15) is 0 Å². The molecule has 0 spiro atoms. The Morgan fingerprint density at radius 3 is 2.50 bits per heavy atom. The molecule has 2 rings (SSSR count). The van der Waals surface area contributed by atoms with E-state index >= 15 is 0 Å². The van der Waals surface area contributed by atoms with Crippen LogP contribution in [0, 0.1) is 5.92 Å². The lowest BCUT2D eigenvalue weighted by Crippen LogP contribution is -2.30. The maximum Gasteiger partial charge on any atom is 0.227 e. The Bertz CT molecular complexity index is 609. The van der Waals surface area contributed by atoms with E-state index in [2.05, 4.69) is 10.0 Å². The Balaban J connectivity index is 1.92. The van der Waals surface area contributed by atoms with Crippen LogP contribution in [0.3, 0.4) is 0 Å². The number of hydrogen-bond donors (Lipinski definition) is 2. The zero-order valence-electron chi connectivity index (χ0n) is 12.8. The number of amides is 1. The lowest BCUT2D eigenvalue weighted by Gasteiger charge is -2.15. The van der Waals surface area contributed by atoms with Crippen molar-refractivity contribution in [2.75, 3.05) is 24.8 Å². The fraction of sp³-hybridized carbons (Fsp3) is 0.533. The van der Waals surface area contributed by atoms with Gasteiger partial charge < -0.3 is 10.1 Å². The molecule has 0 radical (unpaired) electrons. The van der Waals surface area contributed by atoms with Gasteiger partial charge >= 0.3 is 0 Å². The predicted molar refractivity (Wildman–Crippen MR) is 85.0 cm³/mol. The van der Waals surface area contributed by atoms with E-state index < -0.39 is 10.0 Å². The van der Waals surface area contributed by atoms with Crippen LogP contribution in [-0.4, -0.2) is 33.8 Å². The van der Waals surface area contributed by atoms with E-state index in [1.54, 1.807) is 19.1 Å². The minimum atomic E-state index is -3.37. The minimum absolute atomic E-state index is 0.0565. The molecule has 6 nitrogen and oxygen atoms in total. The van der Waals surface area contributed by atoms with Crippen LogP contribution in [0.1, 0.15) is 31.4 Å². The first-order valence-corrected chi connectivity index (χ1v) is 8.96. The number of carbonyl (C=O) groups excluding carboxylic acids is 1. The molecule has 1 saturated carbocycles. The second-order valence-corrected chi connectivity index (χ2v) is 7.41. The quantitative estimate of drug-likeness (QED) is 0.761. The Morgan fingerprint density at radius 2 is 1.95 bits per heavy atom. The number of benzene rings is 1. The standard InChI is InChI=1S/C15H22N2O4S/c1-11(17-22(19,20)10-9-21-2)12-5-7-14(8-6-12)16-15(18)13-3-4-13/h5-8,11,13,17H,3-4,9-10H2,1-2H3,(H,16,18)/t11-/m1/s1. The van der Waals surface area contributed by atoms with Crippen molar-refractivity contribution >= 4 is 21.6 Å². The lowest BCUT2D eigenvalue weighted by atomic mass is 10.1. The summed E-state index contributed by atoms with van der Waals surface area (Å²) in [6.07, 6.45) is 1.93. The van der Waals surface area contributed by atoms with Gasteiger partial charge in [-0.1, -0.05) is 12.1 Å². The summed E-state index contributed by atoms with van der Waals surface area (Å²) in [4.78, 5) is 11.7. The molecule has 0 aromatic heterocycles. The normalized spacial score (nSPS) is 16.3. The van der Waals surface area contributed by atoms with Crippen molar-refractivity contribution < 1.29 is 17.9 Å². The first-order valence-electron chi connectivity index (χ1n) is 7.31. The summed E-state index contributed by atoms with van der Waals surface area (Å²) in [5, 5.41) is 2.85. The molecule has 1 aliphatic rings. The van der Waals surface area contributed by atoms with Crippen molar-refractivity contribution in [1.29, 1.82) is 0 Å². The molecule has 2 N–H and O–H groups in total. The van der Waals surface area contributed by atoms with Crippen molar-refractivity contribution in [2.45, 2.75) is 25.8 Å². The third kappa shape index (κ3) is 5.08. The summed E-state index contributed by atoms with van der Waals surface area (Å²) < 4.78 is 31.0. The fourth-order valence-electron chi connectivity index (χ4n) is 2.03. The van der Waals surface area contributed by atoms with Crippen LogP contribution < -0.4 is 10.0 Å². The van der Waals surface area contributed by atoms with Crippen LogP contribution in [0.4, 0.5) is 5.69 Å². The smallest absolute Gasteiger partial charge is 0.227 e. The minimum Gasteiger partial charge on any atom is -0.384 e. The maximum absolute atomic E-state index is 11.8. The van der Waals surface area contributed by atoms with Crippen molar-refractivity contribution in [3.8, 4) is 0 Å². The highest BCUT2D eigenvalue weighted by atomic mass is 32.2. The molecule has 22 heavy (non-hydrogen) atoms. The summed E-state index contributed by atoms with van der Waals surface area (Å²) in [5.41, 5.74) is 1.57. The third-order valence-electron chi connectivity index (χ3n) is 3.54. The number of carbonyl (C=O) groups is 1. The van der Waals surface area contributed by atoms with Gasteiger partial charge in [0.15, 0.2) is 0 Å². The SMILES string of the molecule is COCCS(=O)(=O)N[C@H](C)c1ccc(NC(=O)C2CC2)cc1. The average Bonchev–Trinajstić information content (AvgIpc) is 3.30. The van der Waals surface area contributed by atoms with Crippen LogP contribution in [0.5, 0.6) is 0 Å². The monoisotopic (exact) mass is 326 g/mol. The second-order valence-electron chi connectivity index (χ2n) is 5.54. The molecule has 1 amide bonds. The third-order valence-corrected chi connectivity index (χ3v) is 4.96. The van der Waals surface area contributed by atoms with Gasteiger partial charge in [-0.3, -0.25) is 4.79 Å². The zero-order chi connectivity index (χ0) is 16.2. The molecule has 0 unspecified atom stereocenters. The molecule has 0 bridgehead atoms. The van der Waals surface area contributed by atoms with E-state index in [9.17, 15) is 13.2 Å². The van der Waals surface area contributed by atoms with Gasteiger partial charge in [-0.2, -0.15) is 0 Å². The summed E-state index contributed by atoms with van der Waals surface area (Å²) in [6.45, 7) is 1.94. The average molecular weight is 326 g/mol. The molecule has 1 atom stereocenters. The topological polar surface area (TPSA) is 84.5 Å². The van der Waals surface area contributed by atoms with Crippen LogP contribution in [0.15, 0.2) is 24.3 Å². The van der Waals surface area contributed by atoms with Gasteiger partial charge in [0.25, 0.3) is 0 Å². The molecule has 1 aromatic carbocycles. The molecule has 7 heteroatoms. The van der Waals surface area contributed by atoms with Gasteiger partial charge in [-0.25, -0.2) is 13.1 Å². The van der Waals surface area contributed by atoms with Crippen molar-refractivity contribution in [3.63, 3.8) is 0 Å². The summed E-state index contributed by atoms with van der Waals surface area (Å²) in [6, 6.07) is 6.86. The van der Waals surface area contributed by atoms with Crippen LogP contribution in [0.2, 0.25) is 0 Å². The van der Waals surface area contributed by atoms with Gasteiger partial charge in [-0.05, 0) is 37.5 Å². The lowest BCUT2D eigenvalue weighted by molar-refractivity contribution is -0.117. The Hall–Kier alpha value is -1.44. The summed E-state index contributed by atoms with van der Waals surface area (Å²) in [7, 11) is -1.90. The first-order chi connectivity index (χ1) is 10.4. The van der Waals surface area contributed by atoms with E-state index in [4.69, 9.17) is 4.74 Å². The number of methoxy groups -OCH3 is 1. The molecule has 1 aromatic rings. The number of sulfonamides is 1. The Kier molecular flexibility index (Phi) is 5.55. The summed E-state index contributed by atoms with van der Waals surface area (Å²) >= 11 is 0. The molecule has 0 saturated heterocycles. The van der Waals surface area contributed by atoms with E-state index in [1.807, 2.05) is 12.1 Å². The molecule has 1 fully saturated rings. The van der Waals surface area contributed by atoms with Crippen molar-refractivity contribution in [2.24, 2.45) is 5.92 Å². The maximum atomic E-state index is 11.8. The highest BCUT2D eigenvalue weighted by Gasteiger charge is 2.29. The van der Waals surface area contributed by atoms with E-state index in [-0.39, 0.29) is 30.2 Å². The zero-order valence-corrected chi connectivity index (χ0v) is 13.7. The molecule has 0 heterocycles. The summed E-state index contributed by atoms with van der Waals surface area (Å²) in [5.74, 6) is 0.149. The molecular formula is C15H22N2O4S. The first kappa shape index (κ1) is 16.9. The Morgan fingerprint density at radius 1 is 1.32 bits per heavy atom. The van der Waals surface area contributed by atoms with Crippen LogP contribution in [0.25, 0.3) is 0 Å². The molecule has 1 aliphatic carbocycles. The van der Waals surface area contributed by atoms with E-state index in [0.29, 0.717) is 0 Å². The highest BCUT2D eigenvalue weighted by molar-refractivity contribution is 7.89. The highest BCUT2D eigenvalue weighted by Crippen LogP contribution is 2.30. The fourth-order valence-corrected chi connectivity index (χ4v) is 3.21. The van der Waals surface area contributed by atoms with Crippen LogP contribution >= 0.6 is 0 Å². The van der Waals surface area contributed by atoms with Gasteiger partial charge in [0.2, 0.25) is 15.9 Å². The largest absolute Gasteiger partial charge is 0.384 e. The van der Waals surface area contributed by atoms with E-state index in [1.165, 1.54) is 7.11 Å². The molecular weight excluding hydrogens is 304 g/mol. The van der Waals surface area contributed by atoms with Gasteiger partial charge in [0, 0.05) is 24.8 Å². The molecule has 0 aliphatic heterocycles. The number of ether oxygens (including phenoxy) is 1. The van der Waals surface area contributed by atoms with E-state index in [0.717, 1.165) is 24.1 Å². The molecule has 122 valence electrons. The van der Waals surface area contributed by atoms with Gasteiger partial charge in [0.05, 0.1) is 12.4 Å².